The number of aliphatic hydroxyl groups is 1. The monoisotopic (exact) mass is 464 g/mol. The Kier molecular flexibility index (Phi) is 6.55. The van der Waals surface area contributed by atoms with E-state index < -0.39 is 17.7 Å². The van der Waals surface area contributed by atoms with E-state index in [-0.39, 0.29) is 29.5 Å². The van der Waals surface area contributed by atoms with Crippen molar-refractivity contribution in [2.24, 2.45) is 0 Å². The minimum absolute atomic E-state index is 0.164. The SMILES string of the molecule is COc1ccccc1C(=O)NCc1ccc(C2NN(c3cccc(F)c3F)C(=N)C2=CO)cc1. The first-order valence-corrected chi connectivity index (χ1v) is 10.4. The number of carbonyl (C=O) groups excluding carboxylic acids is 1. The van der Waals surface area contributed by atoms with Gasteiger partial charge in [0.05, 0.1) is 36.2 Å². The molecule has 34 heavy (non-hydrogen) atoms. The van der Waals surface area contributed by atoms with E-state index in [1.807, 2.05) is 0 Å². The number of ether oxygens (including phenoxy) is 1. The molecule has 1 atom stereocenters. The first-order valence-electron chi connectivity index (χ1n) is 10.4. The Morgan fingerprint density at radius 2 is 1.88 bits per heavy atom. The molecule has 1 unspecified atom stereocenters. The highest BCUT2D eigenvalue weighted by molar-refractivity contribution is 6.10. The molecule has 9 heteroatoms. The molecule has 0 aromatic heterocycles. The number of methoxy groups -OCH3 is 1. The summed E-state index contributed by atoms with van der Waals surface area (Å²) >= 11 is 0. The van der Waals surface area contributed by atoms with Crippen LogP contribution in [0.25, 0.3) is 0 Å². The fourth-order valence-corrected chi connectivity index (χ4v) is 3.71. The Balaban J connectivity index is 1.48. The van der Waals surface area contributed by atoms with Crippen LogP contribution in [0.1, 0.15) is 27.5 Å². The van der Waals surface area contributed by atoms with Gasteiger partial charge in [-0.15, -0.1) is 0 Å². The molecule has 7 nitrogen and oxygen atoms in total. The van der Waals surface area contributed by atoms with Crippen LogP contribution < -0.4 is 20.5 Å². The van der Waals surface area contributed by atoms with Crippen LogP contribution in [-0.2, 0) is 6.54 Å². The van der Waals surface area contributed by atoms with E-state index >= 15 is 0 Å². The molecule has 0 radical (unpaired) electrons. The number of nitrogens with one attached hydrogen (secondary N) is 3. The molecule has 3 aromatic rings. The van der Waals surface area contributed by atoms with Crippen molar-refractivity contribution in [3.8, 4) is 5.75 Å². The highest BCUT2D eigenvalue weighted by Crippen LogP contribution is 2.33. The Bertz CT molecular complexity index is 1260. The number of hydrogen-bond donors (Lipinski definition) is 4. The maximum atomic E-state index is 14.3. The van der Waals surface area contributed by atoms with E-state index in [0.29, 0.717) is 16.9 Å². The predicted molar refractivity (Wildman–Crippen MR) is 124 cm³/mol. The average Bonchev–Trinajstić information content (AvgIpc) is 3.20. The standard InChI is InChI=1S/C25H22F2N4O3/c1-34-21-8-3-2-5-17(21)25(33)29-13-15-9-11-16(12-10-15)23-18(14-32)24(28)31(30-23)20-7-4-6-19(26)22(20)27/h2-12,14,23,28,30,32H,13H2,1H3,(H,29,33). The summed E-state index contributed by atoms with van der Waals surface area (Å²) in [7, 11) is 1.50. The number of hydrogen-bond acceptors (Lipinski definition) is 5. The van der Waals surface area contributed by atoms with Crippen molar-refractivity contribution in [2.75, 3.05) is 12.1 Å². The maximum Gasteiger partial charge on any atom is 0.255 e. The van der Waals surface area contributed by atoms with Gasteiger partial charge in [0, 0.05) is 6.54 Å². The molecule has 1 aliphatic heterocycles. The second-order valence-corrected chi connectivity index (χ2v) is 7.53. The molecule has 0 bridgehead atoms. The van der Waals surface area contributed by atoms with Crippen LogP contribution in [0.5, 0.6) is 5.75 Å². The summed E-state index contributed by atoms with van der Waals surface area (Å²) in [5.41, 5.74) is 4.90. The van der Waals surface area contributed by atoms with Crippen LogP contribution in [0, 0.1) is 17.0 Å². The van der Waals surface area contributed by atoms with Crippen molar-refractivity contribution in [3.63, 3.8) is 0 Å². The molecule has 1 amide bonds. The minimum atomic E-state index is -1.10. The predicted octanol–water partition coefficient (Wildman–Crippen LogP) is 4.39. The molecular formula is C25H22F2N4O3. The van der Waals surface area contributed by atoms with Gasteiger partial charge in [-0.2, -0.15) is 0 Å². The van der Waals surface area contributed by atoms with Crippen LogP contribution in [-0.4, -0.2) is 24.0 Å². The second kappa shape index (κ2) is 9.72. The molecule has 1 fully saturated rings. The van der Waals surface area contributed by atoms with Gasteiger partial charge in [0.2, 0.25) is 0 Å². The molecule has 0 saturated carbocycles. The first kappa shape index (κ1) is 22.9. The average molecular weight is 464 g/mol. The molecule has 3 aromatic carbocycles. The Morgan fingerprint density at radius 3 is 2.59 bits per heavy atom. The number of nitrogens with zero attached hydrogens (tertiary/aromatic N) is 1. The Labute approximate surface area is 194 Å². The quantitative estimate of drug-likeness (QED) is 0.406. The lowest BCUT2D eigenvalue weighted by Gasteiger charge is -2.20. The molecular weight excluding hydrogens is 442 g/mol. The maximum absolute atomic E-state index is 14.3. The van der Waals surface area contributed by atoms with E-state index in [1.54, 1.807) is 48.5 Å². The number of amidine groups is 1. The summed E-state index contributed by atoms with van der Waals surface area (Å²) in [5, 5.41) is 21.9. The van der Waals surface area contributed by atoms with E-state index in [1.165, 1.54) is 19.2 Å². The molecule has 174 valence electrons. The number of hydrazine groups is 1. The zero-order valence-electron chi connectivity index (χ0n) is 18.2. The summed E-state index contributed by atoms with van der Waals surface area (Å²) < 4.78 is 33.2. The van der Waals surface area contributed by atoms with Crippen LogP contribution >= 0.6 is 0 Å². The van der Waals surface area contributed by atoms with Gasteiger partial charge in [-0.1, -0.05) is 42.5 Å². The molecule has 0 spiro atoms. The highest BCUT2D eigenvalue weighted by atomic mass is 19.2. The van der Waals surface area contributed by atoms with E-state index in [4.69, 9.17) is 10.1 Å². The van der Waals surface area contributed by atoms with Crippen LogP contribution in [0.2, 0.25) is 0 Å². The van der Waals surface area contributed by atoms with Gasteiger partial charge in [0.1, 0.15) is 11.6 Å². The van der Waals surface area contributed by atoms with E-state index in [2.05, 4.69) is 10.7 Å². The molecule has 4 rings (SSSR count). The third-order valence-electron chi connectivity index (χ3n) is 5.50. The normalized spacial score (nSPS) is 16.7. The van der Waals surface area contributed by atoms with Crippen molar-refractivity contribution in [3.05, 3.63) is 107 Å². The first-order chi connectivity index (χ1) is 16.4. The van der Waals surface area contributed by atoms with Gasteiger partial charge in [-0.3, -0.25) is 15.2 Å². The lowest BCUT2D eigenvalue weighted by atomic mass is 9.99. The fraction of sp³-hybridized carbons (Fsp3) is 0.120. The number of anilines is 1. The van der Waals surface area contributed by atoms with E-state index in [0.717, 1.165) is 22.9 Å². The molecule has 0 aliphatic carbocycles. The van der Waals surface area contributed by atoms with Crippen molar-refractivity contribution in [1.29, 1.82) is 5.41 Å². The summed E-state index contributed by atoms with van der Waals surface area (Å²) in [6.07, 6.45) is 0.776. The molecule has 1 heterocycles. The van der Waals surface area contributed by atoms with Crippen molar-refractivity contribution in [2.45, 2.75) is 12.6 Å². The van der Waals surface area contributed by atoms with Crippen molar-refractivity contribution < 1.29 is 23.4 Å². The number of rotatable bonds is 6. The zero-order chi connectivity index (χ0) is 24.2. The number of amides is 1. The Hall–Kier alpha value is -4.24. The molecule has 1 aliphatic rings. The van der Waals surface area contributed by atoms with Crippen molar-refractivity contribution in [1.82, 2.24) is 10.7 Å². The smallest absolute Gasteiger partial charge is 0.255 e. The van der Waals surface area contributed by atoms with Gasteiger partial charge in [-0.25, -0.2) is 14.2 Å². The largest absolute Gasteiger partial charge is 0.515 e. The number of aliphatic hydroxyl groups excluding tert-OH is 1. The summed E-state index contributed by atoms with van der Waals surface area (Å²) in [4.78, 5) is 12.5. The second-order valence-electron chi connectivity index (χ2n) is 7.53. The third-order valence-corrected chi connectivity index (χ3v) is 5.50. The number of carbonyl (C=O) groups is 1. The van der Waals surface area contributed by atoms with Gasteiger partial charge < -0.3 is 15.2 Å². The zero-order valence-corrected chi connectivity index (χ0v) is 18.2. The van der Waals surface area contributed by atoms with Gasteiger partial charge in [0.15, 0.2) is 11.6 Å². The van der Waals surface area contributed by atoms with Crippen LogP contribution in [0.15, 0.2) is 78.6 Å². The topological polar surface area (TPSA) is 97.7 Å². The lowest BCUT2D eigenvalue weighted by Crippen LogP contribution is -2.35. The minimum Gasteiger partial charge on any atom is -0.515 e. The van der Waals surface area contributed by atoms with E-state index in [9.17, 15) is 18.7 Å². The summed E-state index contributed by atoms with van der Waals surface area (Å²) in [6, 6.07) is 17.1. The van der Waals surface area contributed by atoms with Gasteiger partial charge >= 0.3 is 0 Å². The van der Waals surface area contributed by atoms with Crippen LogP contribution in [0.4, 0.5) is 14.5 Å². The number of halogens is 2. The lowest BCUT2D eigenvalue weighted by molar-refractivity contribution is 0.0948. The molecule has 4 N–H and O–H groups in total. The summed E-state index contributed by atoms with van der Waals surface area (Å²) in [6.45, 7) is 0.272. The third kappa shape index (κ3) is 4.33. The summed E-state index contributed by atoms with van der Waals surface area (Å²) in [5.74, 6) is -2.13. The van der Waals surface area contributed by atoms with Crippen molar-refractivity contribution >= 4 is 17.4 Å². The number of para-hydroxylation sites is 1. The highest BCUT2D eigenvalue weighted by Gasteiger charge is 2.35. The number of benzene rings is 3. The van der Waals surface area contributed by atoms with Gasteiger partial charge in [-0.05, 0) is 35.4 Å². The van der Waals surface area contributed by atoms with Gasteiger partial charge in [0.25, 0.3) is 5.91 Å². The van der Waals surface area contributed by atoms with Crippen LogP contribution in [0.3, 0.4) is 0 Å². The fourth-order valence-electron chi connectivity index (χ4n) is 3.71. The Morgan fingerprint density at radius 1 is 1.15 bits per heavy atom. The molecule has 1 saturated heterocycles.